The van der Waals surface area contributed by atoms with Gasteiger partial charge in [-0.15, -0.1) is 12.4 Å². The monoisotopic (exact) mass is 206 g/mol. The van der Waals surface area contributed by atoms with Crippen molar-refractivity contribution >= 4 is 18.4 Å². The van der Waals surface area contributed by atoms with Gasteiger partial charge in [0.1, 0.15) is 5.56 Å². The van der Waals surface area contributed by atoms with Gasteiger partial charge in [-0.3, -0.25) is 0 Å². The van der Waals surface area contributed by atoms with Crippen molar-refractivity contribution in [3.05, 3.63) is 17.7 Å². The van der Waals surface area contributed by atoms with Crippen LogP contribution in [0, 0.1) is 0 Å². The minimum atomic E-state index is -1.37. The normalized spacial score (nSPS) is 8.92. The lowest BCUT2D eigenvalue weighted by Crippen LogP contribution is -1.96. The fraction of sp³-hybridized carbons (Fsp3) is 0. The Balaban J connectivity index is 0.00000144. The van der Waals surface area contributed by atoms with Crippen molar-refractivity contribution in [1.82, 2.24) is 0 Å². The maximum Gasteiger partial charge on any atom is 0.339 e. The van der Waals surface area contributed by atoms with Crippen molar-refractivity contribution in [2.75, 3.05) is 0 Å². The van der Waals surface area contributed by atoms with E-state index in [1.54, 1.807) is 0 Å². The van der Waals surface area contributed by atoms with Gasteiger partial charge in [0.25, 0.3) is 0 Å². The minimum absolute atomic E-state index is 0. The van der Waals surface area contributed by atoms with E-state index in [0.717, 1.165) is 12.1 Å². The Bertz CT molecular complexity index is 336. The van der Waals surface area contributed by atoms with Crippen LogP contribution in [0.5, 0.6) is 17.2 Å². The molecule has 0 aliphatic rings. The summed E-state index contributed by atoms with van der Waals surface area (Å²) in [5.74, 6) is -3.59. The molecule has 0 heterocycles. The highest BCUT2D eigenvalue weighted by Crippen LogP contribution is 2.36. The summed E-state index contributed by atoms with van der Waals surface area (Å²) >= 11 is 0. The molecule has 0 fully saturated rings. The second-order valence-corrected chi connectivity index (χ2v) is 2.13. The van der Waals surface area contributed by atoms with Gasteiger partial charge in [-0.2, -0.15) is 0 Å². The van der Waals surface area contributed by atoms with E-state index < -0.39 is 28.8 Å². The Kier molecular flexibility index (Phi) is 3.38. The molecule has 0 saturated carbocycles. The highest BCUT2D eigenvalue weighted by molar-refractivity contribution is 5.92. The van der Waals surface area contributed by atoms with Gasteiger partial charge in [-0.05, 0) is 12.1 Å². The first-order chi connectivity index (χ1) is 5.54. The highest BCUT2D eigenvalue weighted by Gasteiger charge is 2.15. The molecule has 0 radical (unpaired) electrons. The number of halogens is 1. The molecule has 5 nitrogen and oxygen atoms in total. The number of hydrogen-bond acceptors (Lipinski definition) is 4. The third-order valence-electron chi connectivity index (χ3n) is 1.36. The molecule has 0 unspecified atom stereocenters. The molecule has 1 aromatic carbocycles. The van der Waals surface area contributed by atoms with Crippen molar-refractivity contribution in [1.29, 1.82) is 0 Å². The van der Waals surface area contributed by atoms with Gasteiger partial charge in [0.2, 0.25) is 5.75 Å². The van der Waals surface area contributed by atoms with Crippen LogP contribution in [-0.2, 0) is 0 Å². The van der Waals surface area contributed by atoms with Crippen LogP contribution in [0.4, 0.5) is 0 Å². The summed E-state index contributed by atoms with van der Waals surface area (Å²) in [4.78, 5) is 10.3. The molecule has 0 aliphatic carbocycles. The summed E-state index contributed by atoms with van der Waals surface area (Å²) in [7, 11) is 0. The van der Waals surface area contributed by atoms with E-state index in [4.69, 9.17) is 20.4 Å². The molecule has 6 heteroatoms. The summed E-state index contributed by atoms with van der Waals surface area (Å²) in [6.45, 7) is 0. The van der Waals surface area contributed by atoms with Gasteiger partial charge >= 0.3 is 5.97 Å². The van der Waals surface area contributed by atoms with Crippen LogP contribution in [0.1, 0.15) is 10.4 Å². The largest absolute Gasteiger partial charge is 0.504 e. The average molecular weight is 207 g/mol. The molecule has 1 rings (SSSR count). The van der Waals surface area contributed by atoms with E-state index in [0.29, 0.717) is 0 Å². The van der Waals surface area contributed by atoms with E-state index in [9.17, 15) is 4.79 Å². The lowest BCUT2D eigenvalue weighted by Gasteiger charge is -2.02. The zero-order chi connectivity index (χ0) is 9.30. The zero-order valence-electron chi connectivity index (χ0n) is 6.26. The van der Waals surface area contributed by atoms with Crippen molar-refractivity contribution in [3.8, 4) is 17.2 Å². The average Bonchev–Trinajstić information content (AvgIpc) is 2.00. The third kappa shape index (κ3) is 1.94. The fourth-order valence-electron chi connectivity index (χ4n) is 0.742. The quantitative estimate of drug-likeness (QED) is 0.513. The Hall–Kier alpha value is -1.62. The van der Waals surface area contributed by atoms with Gasteiger partial charge in [0.05, 0.1) is 0 Å². The number of carbonyl (C=O) groups is 1. The lowest BCUT2D eigenvalue weighted by molar-refractivity contribution is 0.0693. The second kappa shape index (κ2) is 3.86. The molecule has 1 aromatic rings. The Morgan fingerprint density at radius 3 is 2.08 bits per heavy atom. The molecular weight excluding hydrogens is 200 g/mol. The van der Waals surface area contributed by atoms with Gasteiger partial charge in [-0.25, -0.2) is 4.79 Å². The molecule has 0 bridgehead atoms. The number of aromatic carboxylic acids is 1. The van der Waals surface area contributed by atoms with Gasteiger partial charge in [0, 0.05) is 0 Å². The van der Waals surface area contributed by atoms with Crippen molar-refractivity contribution < 1.29 is 25.2 Å². The summed E-state index contributed by atoms with van der Waals surface area (Å²) < 4.78 is 0. The van der Waals surface area contributed by atoms with E-state index >= 15 is 0 Å². The van der Waals surface area contributed by atoms with E-state index in [-0.39, 0.29) is 12.4 Å². The third-order valence-corrected chi connectivity index (χ3v) is 1.36. The molecule has 0 aliphatic heterocycles. The Morgan fingerprint density at radius 1 is 1.08 bits per heavy atom. The number of aromatic hydroxyl groups is 3. The van der Waals surface area contributed by atoms with Crippen LogP contribution in [0.15, 0.2) is 12.1 Å². The number of phenols is 3. The summed E-state index contributed by atoms with van der Waals surface area (Å²) in [6.07, 6.45) is 0. The van der Waals surface area contributed by atoms with Gasteiger partial charge < -0.3 is 20.4 Å². The van der Waals surface area contributed by atoms with Gasteiger partial charge in [0.15, 0.2) is 11.5 Å². The van der Waals surface area contributed by atoms with Crippen LogP contribution >= 0.6 is 12.4 Å². The highest BCUT2D eigenvalue weighted by atomic mass is 35.5. The molecule has 0 amide bonds. The number of carboxylic acid groups (broad SMARTS) is 1. The minimum Gasteiger partial charge on any atom is -0.504 e. The van der Waals surface area contributed by atoms with Crippen LogP contribution in [0.25, 0.3) is 0 Å². The topological polar surface area (TPSA) is 98.0 Å². The number of hydrogen-bond donors (Lipinski definition) is 4. The molecule has 0 saturated heterocycles. The van der Waals surface area contributed by atoms with E-state index in [1.165, 1.54) is 0 Å². The van der Waals surface area contributed by atoms with E-state index in [1.807, 2.05) is 0 Å². The number of benzene rings is 1. The first-order valence-corrected chi connectivity index (χ1v) is 3.01. The number of carboxylic acids is 1. The van der Waals surface area contributed by atoms with Crippen LogP contribution < -0.4 is 0 Å². The number of phenolic OH excluding ortho intramolecular Hbond substituents is 2. The summed E-state index contributed by atoms with van der Waals surface area (Å²) in [5, 5.41) is 35.1. The smallest absolute Gasteiger partial charge is 0.339 e. The first-order valence-electron chi connectivity index (χ1n) is 3.01. The van der Waals surface area contributed by atoms with Crippen molar-refractivity contribution in [2.45, 2.75) is 0 Å². The second-order valence-electron chi connectivity index (χ2n) is 2.13. The van der Waals surface area contributed by atoms with Crippen LogP contribution in [0.3, 0.4) is 0 Å². The van der Waals surface area contributed by atoms with Crippen LogP contribution in [0.2, 0.25) is 0 Å². The van der Waals surface area contributed by atoms with E-state index in [2.05, 4.69) is 0 Å². The Morgan fingerprint density at radius 2 is 1.62 bits per heavy atom. The number of rotatable bonds is 1. The Labute approximate surface area is 79.3 Å². The molecule has 0 aromatic heterocycles. The molecule has 4 N–H and O–H groups in total. The SMILES string of the molecule is Cl.O=C(O)c1ccc(O)c(O)c1O. The zero-order valence-corrected chi connectivity index (χ0v) is 7.08. The maximum atomic E-state index is 10.3. The molecule has 0 atom stereocenters. The maximum absolute atomic E-state index is 10.3. The fourth-order valence-corrected chi connectivity index (χ4v) is 0.742. The van der Waals surface area contributed by atoms with Crippen molar-refractivity contribution in [2.24, 2.45) is 0 Å². The molecule has 0 spiro atoms. The standard InChI is InChI=1S/C7H6O5.ClH/c8-4-2-1-3(7(11)12)5(9)6(4)10;/h1-2,8-10H,(H,11,12);1H. The molecule has 72 valence electrons. The lowest BCUT2D eigenvalue weighted by atomic mass is 10.2. The summed E-state index contributed by atoms with van der Waals surface area (Å²) in [5.41, 5.74) is -0.453. The van der Waals surface area contributed by atoms with Crippen LogP contribution in [-0.4, -0.2) is 26.4 Å². The first kappa shape index (κ1) is 11.4. The molecule has 13 heavy (non-hydrogen) atoms. The van der Waals surface area contributed by atoms with Gasteiger partial charge in [-0.1, -0.05) is 0 Å². The predicted octanol–water partition coefficient (Wildman–Crippen LogP) is 0.923. The summed E-state index contributed by atoms with van der Waals surface area (Å²) in [6, 6.07) is 1.98. The molecular formula is C7H7ClO5. The van der Waals surface area contributed by atoms with Crippen molar-refractivity contribution in [3.63, 3.8) is 0 Å². The predicted molar refractivity (Wildman–Crippen MR) is 45.6 cm³/mol.